The molecule has 0 aliphatic heterocycles. The van der Waals surface area contributed by atoms with E-state index in [2.05, 4.69) is 5.32 Å². The molecular formula is C14H14ClNO3S. The lowest BCUT2D eigenvalue weighted by Crippen LogP contribution is -2.20. The molecule has 1 aromatic heterocycles. The summed E-state index contributed by atoms with van der Waals surface area (Å²) in [7, 11) is -1.42. The average Bonchev–Trinajstić information content (AvgIpc) is 2.80. The van der Waals surface area contributed by atoms with Crippen molar-refractivity contribution in [3.63, 3.8) is 0 Å². The van der Waals surface area contributed by atoms with Crippen LogP contribution < -0.4 is 5.32 Å². The lowest BCUT2D eigenvalue weighted by molar-refractivity contribution is -0.113. The van der Waals surface area contributed by atoms with Gasteiger partial charge in [0.05, 0.1) is 22.0 Å². The summed E-state index contributed by atoms with van der Waals surface area (Å²) in [4.78, 5) is 12.5. The number of carbonyl (C=O) groups is 1. The normalized spacial score (nSPS) is 12.2. The third-order valence-corrected chi connectivity index (χ3v) is 4.47. The fourth-order valence-electron chi connectivity index (χ4n) is 1.72. The Kier molecular flexibility index (Phi) is 4.62. The van der Waals surface area contributed by atoms with Crippen LogP contribution in [0, 0.1) is 13.8 Å². The number of hydrogen-bond acceptors (Lipinski definition) is 3. The molecule has 0 bridgehead atoms. The van der Waals surface area contributed by atoms with Gasteiger partial charge in [-0.2, -0.15) is 0 Å². The van der Waals surface area contributed by atoms with Crippen molar-refractivity contribution >= 4 is 34.0 Å². The number of benzene rings is 1. The molecule has 2 rings (SSSR count). The highest BCUT2D eigenvalue weighted by Crippen LogP contribution is 2.20. The fraction of sp³-hybridized carbons (Fsp3) is 0.214. The van der Waals surface area contributed by atoms with Crippen LogP contribution in [-0.2, 0) is 15.6 Å². The van der Waals surface area contributed by atoms with Crippen molar-refractivity contribution in [1.29, 1.82) is 0 Å². The SMILES string of the molecule is Cc1ccc(Cl)cc1NC(=O)C[S@@](=O)c1ccoc1C. The van der Waals surface area contributed by atoms with E-state index in [0.717, 1.165) is 5.56 Å². The summed E-state index contributed by atoms with van der Waals surface area (Å²) in [5, 5.41) is 3.26. The number of carbonyl (C=O) groups excluding carboxylic acids is 1. The molecule has 0 spiro atoms. The molecule has 0 saturated carbocycles. The summed E-state index contributed by atoms with van der Waals surface area (Å²) in [5.41, 5.74) is 1.52. The van der Waals surface area contributed by atoms with Crippen molar-refractivity contribution in [2.45, 2.75) is 18.7 Å². The van der Waals surface area contributed by atoms with Gasteiger partial charge in [-0.25, -0.2) is 0 Å². The van der Waals surface area contributed by atoms with Crippen LogP contribution in [-0.4, -0.2) is 15.9 Å². The van der Waals surface area contributed by atoms with E-state index < -0.39 is 10.8 Å². The highest BCUT2D eigenvalue weighted by atomic mass is 35.5. The van der Waals surface area contributed by atoms with Gasteiger partial charge in [0.15, 0.2) is 0 Å². The van der Waals surface area contributed by atoms with Crippen LogP contribution in [0.2, 0.25) is 5.02 Å². The van der Waals surface area contributed by atoms with Crippen LogP contribution in [0.25, 0.3) is 0 Å². The van der Waals surface area contributed by atoms with E-state index >= 15 is 0 Å². The number of amides is 1. The molecule has 0 saturated heterocycles. The Morgan fingerprint density at radius 3 is 2.75 bits per heavy atom. The number of anilines is 1. The Labute approximate surface area is 124 Å². The molecule has 1 N–H and O–H groups in total. The molecular weight excluding hydrogens is 298 g/mol. The molecule has 6 heteroatoms. The molecule has 1 amide bonds. The number of aryl methyl sites for hydroxylation is 2. The summed E-state index contributed by atoms with van der Waals surface area (Å²) >= 11 is 5.88. The molecule has 1 atom stereocenters. The Hall–Kier alpha value is -1.59. The maximum absolute atomic E-state index is 12.0. The van der Waals surface area contributed by atoms with E-state index in [9.17, 15) is 9.00 Å². The quantitative estimate of drug-likeness (QED) is 0.942. The lowest BCUT2D eigenvalue weighted by atomic mass is 10.2. The number of furan rings is 1. The zero-order valence-corrected chi connectivity index (χ0v) is 12.7. The minimum atomic E-state index is -1.42. The maximum atomic E-state index is 12.0. The summed E-state index contributed by atoms with van der Waals surface area (Å²) in [6, 6.07) is 6.85. The van der Waals surface area contributed by atoms with Crippen molar-refractivity contribution in [3.8, 4) is 0 Å². The van der Waals surface area contributed by atoms with Crippen molar-refractivity contribution in [2.24, 2.45) is 0 Å². The largest absolute Gasteiger partial charge is 0.468 e. The number of halogens is 1. The topological polar surface area (TPSA) is 59.3 Å². The van der Waals surface area contributed by atoms with Gasteiger partial charge in [-0.1, -0.05) is 17.7 Å². The van der Waals surface area contributed by atoms with Crippen LogP contribution in [0.3, 0.4) is 0 Å². The molecule has 0 aliphatic rings. The Morgan fingerprint density at radius 1 is 1.35 bits per heavy atom. The predicted molar refractivity (Wildman–Crippen MR) is 79.5 cm³/mol. The van der Waals surface area contributed by atoms with Gasteiger partial charge in [-0.05, 0) is 37.6 Å². The van der Waals surface area contributed by atoms with Gasteiger partial charge in [-0.15, -0.1) is 0 Å². The van der Waals surface area contributed by atoms with E-state index in [-0.39, 0.29) is 11.7 Å². The third-order valence-electron chi connectivity index (χ3n) is 2.79. The zero-order valence-electron chi connectivity index (χ0n) is 11.1. The molecule has 0 aliphatic carbocycles. The molecule has 4 nitrogen and oxygen atoms in total. The van der Waals surface area contributed by atoms with Crippen LogP contribution in [0.4, 0.5) is 5.69 Å². The Bertz CT molecular complexity index is 666. The van der Waals surface area contributed by atoms with Crippen LogP contribution in [0.15, 0.2) is 39.8 Å². The monoisotopic (exact) mass is 311 g/mol. The van der Waals surface area contributed by atoms with Gasteiger partial charge < -0.3 is 9.73 Å². The molecule has 106 valence electrons. The highest BCUT2D eigenvalue weighted by molar-refractivity contribution is 7.85. The summed E-state index contributed by atoms with van der Waals surface area (Å²) in [5.74, 6) is 0.121. The number of hydrogen-bond donors (Lipinski definition) is 1. The maximum Gasteiger partial charge on any atom is 0.237 e. The average molecular weight is 312 g/mol. The number of rotatable bonds is 4. The second-order valence-corrected chi connectivity index (χ2v) is 6.19. The highest BCUT2D eigenvalue weighted by Gasteiger charge is 2.15. The first-order valence-corrected chi connectivity index (χ1v) is 7.65. The second kappa shape index (κ2) is 6.24. The smallest absolute Gasteiger partial charge is 0.237 e. The molecule has 1 aromatic carbocycles. The first-order valence-electron chi connectivity index (χ1n) is 5.96. The van der Waals surface area contributed by atoms with Crippen LogP contribution >= 0.6 is 11.6 Å². The molecule has 0 unspecified atom stereocenters. The predicted octanol–water partition coefficient (Wildman–Crippen LogP) is 3.30. The third kappa shape index (κ3) is 3.49. The van der Waals surface area contributed by atoms with Crippen LogP contribution in [0.5, 0.6) is 0 Å². The van der Waals surface area contributed by atoms with Gasteiger partial charge >= 0.3 is 0 Å². The van der Waals surface area contributed by atoms with E-state index in [1.807, 2.05) is 13.0 Å². The molecule has 0 radical (unpaired) electrons. The minimum Gasteiger partial charge on any atom is -0.468 e. The lowest BCUT2D eigenvalue weighted by Gasteiger charge is -2.08. The summed E-state index contributed by atoms with van der Waals surface area (Å²) in [6.45, 7) is 3.58. The molecule has 1 heterocycles. The van der Waals surface area contributed by atoms with E-state index in [1.54, 1.807) is 25.1 Å². The Balaban J connectivity index is 2.04. The first kappa shape index (κ1) is 14.8. The summed E-state index contributed by atoms with van der Waals surface area (Å²) in [6.07, 6.45) is 1.46. The van der Waals surface area contributed by atoms with E-state index in [4.69, 9.17) is 16.0 Å². The van der Waals surface area contributed by atoms with Crippen molar-refractivity contribution in [2.75, 3.05) is 11.1 Å². The Morgan fingerprint density at radius 2 is 2.10 bits per heavy atom. The van der Waals surface area contributed by atoms with Crippen molar-refractivity contribution in [3.05, 3.63) is 46.9 Å². The van der Waals surface area contributed by atoms with E-state index in [1.165, 1.54) is 6.26 Å². The minimum absolute atomic E-state index is 0.119. The molecule has 0 fully saturated rings. The van der Waals surface area contributed by atoms with Gasteiger partial charge in [0.25, 0.3) is 0 Å². The molecule has 20 heavy (non-hydrogen) atoms. The number of nitrogens with one attached hydrogen (secondary N) is 1. The van der Waals surface area contributed by atoms with Crippen molar-refractivity contribution in [1.82, 2.24) is 0 Å². The van der Waals surface area contributed by atoms with E-state index in [0.29, 0.717) is 21.4 Å². The van der Waals surface area contributed by atoms with Gasteiger partial charge in [-0.3, -0.25) is 9.00 Å². The van der Waals surface area contributed by atoms with Gasteiger partial charge in [0, 0.05) is 10.7 Å². The summed E-state index contributed by atoms with van der Waals surface area (Å²) < 4.78 is 17.1. The van der Waals surface area contributed by atoms with Crippen molar-refractivity contribution < 1.29 is 13.4 Å². The second-order valence-electron chi connectivity index (χ2n) is 4.34. The first-order chi connectivity index (χ1) is 9.47. The standard InChI is InChI=1S/C14H14ClNO3S/c1-9-3-4-11(15)7-12(9)16-14(17)8-20(18)13-5-6-19-10(13)2/h3-7H,8H2,1-2H3,(H,16,17)/t20-/m1/s1. The zero-order chi connectivity index (χ0) is 14.7. The van der Waals surface area contributed by atoms with Crippen LogP contribution in [0.1, 0.15) is 11.3 Å². The van der Waals surface area contributed by atoms with Gasteiger partial charge in [0.2, 0.25) is 5.91 Å². The van der Waals surface area contributed by atoms with Gasteiger partial charge in [0.1, 0.15) is 11.5 Å². The fourth-order valence-corrected chi connectivity index (χ4v) is 2.94. The molecule has 2 aromatic rings.